The Labute approximate surface area is 193 Å². The van der Waals surface area contributed by atoms with Crippen LogP contribution in [0.4, 0.5) is 0 Å². The van der Waals surface area contributed by atoms with Crippen LogP contribution in [0.5, 0.6) is 0 Å². The number of aryl methyl sites for hydroxylation is 1. The van der Waals surface area contributed by atoms with Crippen LogP contribution in [0.2, 0.25) is 0 Å². The molecule has 0 radical (unpaired) electrons. The summed E-state index contributed by atoms with van der Waals surface area (Å²) in [6, 6.07) is 11.8. The topological polar surface area (TPSA) is 87.1 Å². The number of amides is 1. The van der Waals surface area contributed by atoms with Crippen LogP contribution in [0, 0.1) is 0 Å². The number of unbranched alkanes of at least 4 members (excludes halogenated alkanes) is 2. The SMILES string of the molecule is CCCCC[C@@H](O)c1ccc(C2CC(=O)N2CCCc2ccc(C(=O)OCCO)s2)cc1. The van der Waals surface area contributed by atoms with Crippen LogP contribution in [0.3, 0.4) is 0 Å². The number of hydrogen-bond donors (Lipinski definition) is 2. The van der Waals surface area contributed by atoms with E-state index in [0.717, 1.165) is 54.5 Å². The number of hydrogen-bond acceptors (Lipinski definition) is 6. The Morgan fingerprint density at radius 1 is 1.19 bits per heavy atom. The lowest BCUT2D eigenvalue weighted by atomic mass is 9.92. The second-order valence-electron chi connectivity index (χ2n) is 8.21. The minimum Gasteiger partial charge on any atom is -0.459 e. The standard InChI is InChI=1S/C25H33NO5S/c1-2-3-4-7-22(28)19-10-8-18(9-11-19)21-17-24(29)26(21)14-5-6-20-12-13-23(32-20)25(30)31-16-15-27/h8-13,21-22,27-28H,2-7,14-17H2,1H3/t21?,22-/m1/s1. The molecule has 1 fully saturated rings. The number of nitrogens with zero attached hydrogens (tertiary/aromatic N) is 1. The van der Waals surface area contributed by atoms with Gasteiger partial charge in [-0.2, -0.15) is 0 Å². The molecule has 0 saturated carbocycles. The molecule has 0 bridgehead atoms. The van der Waals surface area contributed by atoms with Crippen LogP contribution in [-0.2, 0) is 16.0 Å². The van der Waals surface area contributed by atoms with E-state index in [9.17, 15) is 14.7 Å². The van der Waals surface area contributed by atoms with E-state index < -0.39 is 12.1 Å². The number of β-lactam (4-membered cyclic amide) rings is 1. The summed E-state index contributed by atoms with van der Waals surface area (Å²) in [5.41, 5.74) is 2.05. The van der Waals surface area contributed by atoms with Crippen molar-refractivity contribution in [3.63, 3.8) is 0 Å². The van der Waals surface area contributed by atoms with Gasteiger partial charge in [0.05, 0.1) is 25.2 Å². The van der Waals surface area contributed by atoms with Gasteiger partial charge in [-0.15, -0.1) is 11.3 Å². The molecule has 1 unspecified atom stereocenters. The van der Waals surface area contributed by atoms with Gasteiger partial charge in [-0.05, 0) is 42.5 Å². The monoisotopic (exact) mass is 459 g/mol. The molecule has 1 saturated heterocycles. The van der Waals surface area contributed by atoms with E-state index in [4.69, 9.17) is 9.84 Å². The van der Waals surface area contributed by atoms with Gasteiger partial charge in [-0.3, -0.25) is 4.79 Å². The Morgan fingerprint density at radius 2 is 1.97 bits per heavy atom. The van der Waals surface area contributed by atoms with Crippen LogP contribution in [0.25, 0.3) is 0 Å². The minimum atomic E-state index is -0.425. The van der Waals surface area contributed by atoms with Crippen molar-refractivity contribution in [3.05, 3.63) is 57.3 Å². The maximum atomic E-state index is 12.2. The average molecular weight is 460 g/mol. The van der Waals surface area contributed by atoms with Crippen molar-refractivity contribution >= 4 is 23.2 Å². The molecule has 174 valence electrons. The Hall–Kier alpha value is -2.22. The number of thiophene rings is 1. The third kappa shape index (κ3) is 6.40. The smallest absolute Gasteiger partial charge is 0.348 e. The van der Waals surface area contributed by atoms with Crippen molar-refractivity contribution in [1.29, 1.82) is 0 Å². The van der Waals surface area contributed by atoms with Gasteiger partial charge in [0.1, 0.15) is 11.5 Å². The molecule has 2 heterocycles. The molecule has 32 heavy (non-hydrogen) atoms. The molecular weight excluding hydrogens is 426 g/mol. The molecule has 0 spiro atoms. The Balaban J connectivity index is 1.48. The first kappa shape index (κ1) is 24.4. The van der Waals surface area contributed by atoms with E-state index >= 15 is 0 Å². The van der Waals surface area contributed by atoms with E-state index in [1.165, 1.54) is 11.3 Å². The van der Waals surface area contributed by atoms with Crippen molar-refractivity contribution in [3.8, 4) is 0 Å². The summed E-state index contributed by atoms with van der Waals surface area (Å²) >= 11 is 1.39. The number of carbonyl (C=O) groups is 2. The average Bonchev–Trinajstić information content (AvgIpc) is 3.28. The number of aliphatic hydroxyl groups is 2. The maximum Gasteiger partial charge on any atom is 0.348 e. The summed E-state index contributed by atoms with van der Waals surface area (Å²) in [5, 5.41) is 19.1. The van der Waals surface area contributed by atoms with Crippen LogP contribution in [0.15, 0.2) is 36.4 Å². The highest BCUT2D eigenvalue weighted by atomic mass is 32.1. The zero-order chi connectivity index (χ0) is 22.9. The number of benzene rings is 1. The van der Waals surface area contributed by atoms with Crippen molar-refractivity contribution in [1.82, 2.24) is 4.90 Å². The van der Waals surface area contributed by atoms with E-state index in [1.54, 1.807) is 6.07 Å². The fourth-order valence-electron chi connectivity index (χ4n) is 3.98. The second kappa shape index (κ2) is 12.1. The number of ether oxygens (including phenoxy) is 1. The summed E-state index contributed by atoms with van der Waals surface area (Å²) < 4.78 is 4.94. The van der Waals surface area contributed by atoms with E-state index in [0.29, 0.717) is 17.8 Å². The van der Waals surface area contributed by atoms with Gasteiger partial charge in [-0.25, -0.2) is 4.79 Å². The first-order chi connectivity index (χ1) is 15.5. The highest BCUT2D eigenvalue weighted by Crippen LogP contribution is 2.35. The Bertz CT molecular complexity index is 879. The van der Waals surface area contributed by atoms with Gasteiger partial charge in [0.15, 0.2) is 0 Å². The normalized spacial score (nSPS) is 16.7. The molecule has 1 aromatic heterocycles. The molecule has 1 aliphatic heterocycles. The number of carbonyl (C=O) groups excluding carboxylic acids is 2. The van der Waals surface area contributed by atoms with E-state index in [2.05, 4.69) is 6.92 Å². The highest BCUT2D eigenvalue weighted by Gasteiger charge is 2.36. The molecule has 1 aliphatic rings. The third-order valence-electron chi connectivity index (χ3n) is 5.86. The quantitative estimate of drug-likeness (QED) is 0.263. The molecule has 6 nitrogen and oxygen atoms in total. The summed E-state index contributed by atoms with van der Waals surface area (Å²) in [5.74, 6) is -0.245. The summed E-state index contributed by atoms with van der Waals surface area (Å²) in [6.45, 7) is 2.65. The molecule has 7 heteroatoms. The van der Waals surface area contributed by atoms with Gasteiger partial charge < -0.3 is 19.8 Å². The summed E-state index contributed by atoms with van der Waals surface area (Å²) in [6.07, 6.45) is 5.80. The molecule has 1 aromatic carbocycles. The largest absolute Gasteiger partial charge is 0.459 e. The lowest BCUT2D eigenvalue weighted by Gasteiger charge is -2.41. The van der Waals surface area contributed by atoms with Gasteiger partial charge in [0, 0.05) is 11.4 Å². The van der Waals surface area contributed by atoms with Crippen molar-refractivity contribution in [2.45, 2.75) is 64.0 Å². The van der Waals surface area contributed by atoms with Crippen LogP contribution >= 0.6 is 11.3 Å². The molecular formula is C25H33NO5S. The van der Waals surface area contributed by atoms with Crippen molar-refractivity contribution < 1.29 is 24.5 Å². The number of rotatable bonds is 13. The molecule has 2 aromatic rings. The minimum absolute atomic E-state index is 0.00330. The number of likely N-dealkylation sites (tertiary alicyclic amines) is 1. The molecule has 1 amide bonds. The van der Waals surface area contributed by atoms with Crippen molar-refractivity contribution in [2.75, 3.05) is 19.8 Å². The van der Waals surface area contributed by atoms with Crippen LogP contribution < -0.4 is 0 Å². The van der Waals surface area contributed by atoms with Crippen LogP contribution in [-0.4, -0.2) is 46.7 Å². The van der Waals surface area contributed by atoms with Gasteiger partial charge in [0.25, 0.3) is 0 Å². The highest BCUT2D eigenvalue weighted by molar-refractivity contribution is 7.13. The van der Waals surface area contributed by atoms with Crippen molar-refractivity contribution in [2.24, 2.45) is 0 Å². The molecule has 0 aliphatic carbocycles. The Morgan fingerprint density at radius 3 is 2.66 bits per heavy atom. The zero-order valence-electron chi connectivity index (χ0n) is 18.7. The summed E-state index contributed by atoms with van der Waals surface area (Å²) in [4.78, 5) is 27.5. The van der Waals surface area contributed by atoms with Gasteiger partial charge in [0.2, 0.25) is 5.91 Å². The summed E-state index contributed by atoms with van der Waals surface area (Å²) in [7, 11) is 0. The lowest BCUT2D eigenvalue weighted by molar-refractivity contribution is -0.146. The van der Waals surface area contributed by atoms with Crippen LogP contribution in [0.1, 0.15) is 83.3 Å². The number of aliphatic hydroxyl groups excluding tert-OH is 2. The molecule has 2 atom stereocenters. The van der Waals surface area contributed by atoms with Gasteiger partial charge in [-0.1, -0.05) is 50.5 Å². The predicted molar refractivity (Wildman–Crippen MR) is 125 cm³/mol. The number of esters is 1. The zero-order valence-corrected chi connectivity index (χ0v) is 19.5. The first-order valence-corrected chi connectivity index (χ1v) is 12.3. The third-order valence-corrected chi connectivity index (χ3v) is 6.99. The fraction of sp³-hybridized carbons (Fsp3) is 0.520. The maximum absolute atomic E-state index is 12.2. The van der Waals surface area contributed by atoms with E-state index in [-0.39, 0.29) is 25.2 Å². The van der Waals surface area contributed by atoms with Gasteiger partial charge >= 0.3 is 5.97 Å². The molecule has 2 N–H and O–H groups in total. The second-order valence-corrected chi connectivity index (χ2v) is 9.38. The Kier molecular flexibility index (Phi) is 9.26. The molecule has 3 rings (SSSR count). The first-order valence-electron chi connectivity index (χ1n) is 11.5. The lowest BCUT2D eigenvalue weighted by Crippen LogP contribution is -2.46. The van der Waals surface area contributed by atoms with E-state index in [1.807, 2.05) is 35.2 Å². The predicted octanol–water partition coefficient (Wildman–Crippen LogP) is 4.42. The fourth-order valence-corrected chi connectivity index (χ4v) is 4.93.